The lowest BCUT2D eigenvalue weighted by molar-refractivity contribution is -0.130. The van der Waals surface area contributed by atoms with Crippen LogP contribution in [0.2, 0.25) is 0 Å². The van der Waals surface area contributed by atoms with Gasteiger partial charge in [-0.2, -0.15) is 0 Å². The highest BCUT2D eigenvalue weighted by Crippen LogP contribution is 2.31. The van der Waals surface area contributed by atoms with Gasteiger partial charge in [0.2, 0.25) is 0 Å². The van der Waals surface area contributed by atoms with Crippen molar-refractivity contribution in [1.29, 1.82) is 0 Å². The first-order chi connectivity index (χ1) is 15.4. The summed E-state index contributed by atoms with van der Waals surface area (Å²) in [7, 11) is 0. The summed E-state index contributed by atoms with van der Waals surface area (Å²) in [5.74, 6) is -0.808. The van der Waals surface area contributed by atoms with Gasteiger partial charge in [0.1, 0.15) is 11.9 Å². The summed E-state index contributed by atoms with van der Waals surface area (Å²) >= 11 is 0. The largest absolute Gasteiger partial charge is 0.358 e. The Kier molecular flexibility index (Phi) is 4.36. The molecular formula is C22H19N7O3. The van der Waals surface area contributed by atoms with Gasteiger partial charge in [0.05, 0.1) is 12.2 Å². The Hall–Kier alpha value is -4.34. The Morgan fingerprint density at radius 1 is 1.12 bits per heavy atom. The molecule has 2 aromatic heterocycles. The quantitative estimate of drug-likeness (QED) is 0.370. The third kappa shape index (κ3) is 2.96. The SMILES string of the molecule is Cc1[nH]c2ccccc2c1C(=O)CN1C(=O)NC(C)(c2cccc(-n3cnnn3)c2)C1=O. The number of benzene rings is 2. The number of fused-ring (bicyclic) bond motifs is 1. The van der Waals surface area contributed by atoms with Gasteiger partial charge >= 0.3 is 6.03 Å². The Bertz CT molecular complexity index is 1380. The van der Waals surface area contributed by atoms with Gasteiger partial charge in [0, 0.05) is 22.2 Å². The van der Waals surface area contributed by atoms with Crippen LogP contribution in [0.25, 0.3) is 16.6 Å². The van der Waals surface area contributed by atoms with E-state index in [1.807, 2.05) is 24.3 Å². The number of aromatic nitrogens is 5. The highest BCUT2D eigenvalue weighted by atomic mass is 16.2. The lowest BCUT2D eigenvalue weighted by atomic mass is 9.91. The van der Waals surface area contributed by atoms with Gasteiger partial charge in [-0.05, 0) is 48.0 Å². The molecule has 1 aliphatic rings. The fraction of sp³-hybridized carbons (Fsp3) is 0.182. The summed E-state index contributed by atoms with van der Waals surface area (Å²) in [6.07, 6.45) is 1.44. The molecule has 5 rings (SSSR count). The van der Waals surface area contributed by atoms with Crippen LogP contribution in [-0.2, 0) is 10.3 Å². The van der Waals surface area contributed by atoms with Gasteiger partial charge in [-0.15, -0.1) is 5.10 Å². The van der Waals surface area contributed by atoms with Crippen molar-refractivity contribution >= 4 is 28.6 Å². The average molecular weight is 429 g/mol. The molecule has 1 saturated heterocycles. The zero-order valence-corrected chi connectivity index (χ0v) is 17.4. The number of hydrogen-bond acceptors (Lipinski definition) is 6. The van der Waals surface area contributed by atoms with Gasteiger partial charge in [-0.1, -0.05) is 30.3 Å². The number of aromatic amines is 1. The molecule has 0 aliphatic carbocycles. The van der Waals surface area contributed by atoms with E-state index < -0.39 is 17.5 Å². The van der Waals surface area contributed by atoms with Crippen LogP contribution in [0.15, 0.2) is 54.9 Å². The molecule has 0 bridgehead atoms. The maximum atomic E-state index is 13.3. The number of carbonyl (C=O) groups is 3. The number of aryl methyl sites for hydroxylation is 1. The summed E-state index contributed by atoms with van der Waals surface area (Å²) in [5, 5.41) is 14.6. The Balaban J connectivity index is 1.45. The van der Waals surface area contributed by atoms with Crippen LogP contribution in [0.1, 0.15) is 28.5 Å². The number of Topliss-reactive ketones (excluding diaryl/α,β-unsaturated/α-hetero) is 1. The van der Waals surface area contributed by atoms with E-state index >= 15 is 0 Å². The first kappa shape index (κ1) is 19.6. The lowest BCUT2D eigenvalue weighted by Gasteiger charge is -2.22. The van der Waals surface area contributed by atoms with Gasteiger partial charge in [0.25, 0.3) is 5.91 Å². The van der Waals surface area contributed by atoms with Crippen molar-refractivity contribution in [2.24, 2.45) is 0 Å². The van der Waals surface area contributed by atoms with Crippen LogP contribution in [0.3, 0.4) is 0 Å². The normalized spacial score (nSPS) is 18.4. The Morgan fingerprint density at radius 3 is 2.72 bits per heavy atom. The molecule has 2 N–H and O–H groups in total. The number of nitrogens with zero attached hydrogens (tertiary/aromatic N) is 5. The van der Waals surface area contributed by atoms with Crippen LogP contribution < -0.4 is 5.32 Å². The van der Waals surface area contributed by atoms with E-state index in [1.54, 1.807) is 38.1 Å². The number of hydrogen-bond donors (Lipinski definition) is 2. The molecule has 4 aromatic rings. The molecule has 160 valence electrons. The van der Waals surface area contributed by atoms with E-state index in [1.165, 1.54) is 11.0 Å². The second-order valence-electron chi connectivity index (χ2n) is 7.84. The summed E-state index contributed by atoms with van der Waals surface area (Å²) in [6, 6.07) is 13.8. The summed E-state index contributed by atoms with van der Waals surface area (Å²) in [5.41, 5.74) is 1.88. The average Bonchev–Trinajstić information content (AvgIpc) is 3.48. The first-order valence-electron chi connectivity index (χ1n) is 9.97. The van der Waals surface area contributed by atoms with Crippen molar-refractivity contribution in [3.8, 4) is 5.69 Å². The van der Waals surface area contributed by atoms with Gasteiger partial charge in [0.15, 0.2) is 5.78 Å². The molecule has 32 heavy (non-hydrogen) atoms. The highest BCUT2D eigenvalue weighted by molar-refractivity contribution is 6.15. The van der Waals surface area contributed by atoms with Gasteiger partial charge in [-0.3, -0.25) is 14.5 Å². The number of ketones is 1. The smallest absolute Gasteiger partial charge is 0.325 e. The third-order valence-electron chi connectivity index (χ3n) is 5.79. The summed E-state index contributed by atoms with van der Waals surface area (Å²) in [4.78, 5) is 43.3. The van der Waals surface area contributed by atoms with E-state index in [4.69, 9.17) is 0 Å². The monoisotopic (exact) mass is 429 g/mol. The fourth-order valence-electron chi connectivity index (χ4n) is 4.13. The van der Waals surface area contributed by atoms with Crippen molar-refractivity contribution in [2.75, 3.05) is 6.54 Å². The van der Waals surface area contributed by atoms with Crippen molar-refractivity contribution in [2.45, 2.75) is 19.4 Å². The highest BCUT2D eigenvalue weighted by Gasteiger charge is 2.49. The number of amides is 3. The van der Waals surface area contributed by atoms with E-state index in [0.29, 0.717) is 22.5 Å². The second kappa shape index (κ2) is 7.12. The van der Waals surface area contributed by atoms with E-state index in [-0.39, 0.29) is 12.3 Å². The summed E-state index contributed by atoms with van der Waals surface area (Å²) < 4.78 is 1.45. The maximum absolute atomic E-state index is 13.3. The molecule has 0 radical (unpaired) electrons. The number of tetrazole rings is 1. The van der Waals surface area contributed by atoms with E-state index in [9.17, 15) is 14.4 Å². The number of imide groups is 1. The molecule has 1 atom stereocenters. The molecule has 0 spiro atoms. The van der Waals surface area contributed by atoms with Crippen molar-refractivity contribution in [3.63, 3.8) is 0 Å². The standard InChI is InChI=1S/C22H19N7O3/c1-13-19(16-8-3-4-9-17(16)24-13)18(30)11-28-20(31)22(2,25-21(28)32)14-6-5-7-15(10-14)29-12-23-26-27-29/h3-10,12,24H,11H2,1-2H3,(H,25,32). The van der Waals surface area contributed by atoms with Crippen molar-refractivity contribution in [1.82, 2.24) is 35.4 Å². The topological polar surface area (TPSA) is 126 Å². The Morgan fingerprint density at radius 2 is 1.94 bits per heavy atom. The molecule has 10 nitrogen and oxygen atoms in total. The van der Waals surface area contributed by atoms with Crippen LogP contribution in [-0.4, -0.2) is 54.4 Å². The lowest BCUT2D eigenvalue weighted by Crippen LogP contribution is -2.41. The summed E-state index contributed by atoms with van der Waals surface area (Å²) in [6.45, 7) is 3.07. The predicted molar refractivity (Wildman–Crippen MR) is 114 cm³/mol. The minimum Gasteiger partial charge on any atom is -0.358 e. The molecule has 3 amide bonds. The zero-order valence-electron chi connectivity index (χ0n) is 17.4. The molecule has 2 aromatic carbocycles. The van der Waals surface area contributed by atoms with Crippen LogP contribution in [0, 0.1) is 6.92 Å². The number of nitrogens with one attached hydrogen (secondary N) is 2. The first-order valence-corrected chi connectivity index (χ1v) is 9.97. The van der Waals surface area contributed by atoms with Gasteiger partial charge < -0.3 is 10.3 Å². The zero-order chi connectivity index (χ0) is 22.5. The van der Waals surface area contributed by atoms with Crippen LogP contribution in [0.4, 0.5) is 4.79 Å². The molecule has 1 aliphatic heterocycles. The molecule has 1 fully saturated rings. The fourth-order valence-corrected chi connectivity index (χ4v) is 4.13. The number of rotatable bonds is 5. The maximum Gasteiger partial charge on any atom is 0.325 e. The molecule has 1 unspecified atom stereocenters. The predicted octanol–water partition coefficient (Wildman–Crippen LogP) is 2.10. The number of para-hydroxylation sites is 1. The number of carbonyl (C=O) groups excluding carboxylic acids is 3. The van der Waals surface area contributed by atoms with Crippen molar-refractivity contribution < 1.29 is 14.4 Å². The Labute approximate surface area is 182 Å². The van der Waals surface area contributed by atoms with Crippen LogP contribution >= 0.6 is 0 Å². The van der Waals surface area contributed by atoms with Crippen LogP contribution in [0.5, 0.6) is 0 Å². The molecule has 0 saturated carbocycles. The number of H-pyrrole nitrogens is 1. The third-order valence-corrected chi connectivity index (χ3v) is 5.79. The number of urea groups is 1. The minimum atomic E-state index is -1.32. The van der Waals surface area contributed by atoms with E-state index in [0.717, 1.165) is 15.8 Å². The van der Waals surface area contributed by atoms with Gasteiger partial charge in [-0.25, -0.2) is 9.48 Å². The minimum absolute atomic E-state index is 0.310. The second-order valence-corrected chi connectivity index (χ2v) is 7.84. The van der Waals surface area contributed by atoms with Crippen molar-refractivity contribution in [3.05, 3.63) is 71.7 Å². The van der Waals surface area contributed by atoms with E-state index in [2.05, 4.69) is 25.8 Å². The molecule has 10 heteroatoms. The molecule has 3 heterocycles. The molecular weight excluding hydrogens is 410 g/mol.